The van der Waals surface area contributed by atoms with Gasteiger partial charge in [0.25, 0.3) is 11.8 Å². The van der Waals surface area contributed by atoms with Gasteiger partial charge in [-0.25, -0.2) is 8.78 Å². The van der Waals surface area contributed by atoms with Crippen LogP contribution in [0.5, 0.6) is 0 Å². The standard InChI is InChI=1S/C24H21F2N3O4/c1-11-16-9-19(26)18(25)8-14(16)10-28(11)23(32)13-3-4-15-17(7-13)12(2)29(24(15)33)20-5-6-21(30)27-22(20)31/h3-4,7-9,11-12,20H,5-6,10H2,1-2H3,(H,27,30,31)/t11-,12+,20-/m0/s1. The molecule has 7 nitrogen and oxygen atoms in total. The topological polar surface area (TPSA) is 86.8 Å². The van der Waals surface area contributed by atoms with E-state index in [1.165, 1.54) is 9.80 Å². The Kier molecular flexibility index (Phi) is 4.81. The second-order valence-electron chi connectivity index (χ2n) is 8.73. The maximum absolute atomic E-state index is 13.7. The number of hydrogen-bond acceptors (Lipinski definition) is 4. The Morgan fingerprint density at radius 3 is 2.45 bits per heavy atom. The van der Waals surface area contributed by atoms with Gasteiger partial charge in [-0.2, -0.15) is 0 Å². The number of fused-ring (bicyclic) bond motifs is 2. The Morgan fingerprint density at radius 2 is 1.73 bits per heavy atom. The van der Waals surface area contributed by atoms with E-state index >= 15 is 0 Å². The molecule has 1 saturated heterocycles. The molecular weight excluding hydrogens is 432 g/mol. The van der Waals surface area contributed by atoms with E-state index in [-0.39, 0.29) is 37.1 Å². The van der Waals surface area contributed by atoms with Crippen molar-refractivity contribution >= 4 is 23.6 Å². The summed E-state index contributed by atoms with van der Waals surface area (Å²) < 4.78 is 27.4. The summed E-state index contributed by atoms with van der Waals surface area (Å²) in [6.45, 7) is 3.69. The van der Waals surface area contributed by atoms with E-state index in [4.69, 9.17) is 0 Å². The van der Waals surface area contributed by atoms with Gasteiger partial charge in [0.15, 0.2) is 11.6 Å². The lowest BCUT2D eigenvalue weighted by Crippen LogP contribution is -2.53. The third-order valence-electron chi connectivity index (χ3n) is 6.88. The lowest BCUT2D eigenvalue weighted by molar-refractivity contribution is -0.137. The summed E-state index contributed by atoms with van der Waals surface area (Å²) in [4.78, 5) is 53.1. The number of rotatable bonds is 2. The number of hydrogen-bond donors (Lipinski definition) is 1. The number of halogens is 2. The number of nitrogens with zero attached hydrogens (tertiary/aromatic N) is 2. The van der Waals surface area contributed by atoms with Gasteiger partial charge in [-0.15, -0.1) is 0 Å². The lowest BCUT2D eigenvalue weighted by Gasteiger charge is -2.32. The fourth-order valence-electron chi connectivity index (χ4n) is 5.09. The summed E-state index contributed by atoms with van der Waals surface area (Å²) in [5, 5.41) is 2.28. The first-order valence-electron chi connectivity index (χ1n) is 10.8. The van der Waals surface area contributed by atoms with Crippen LogP contribution in [-0.4, -0.2) is 39.5 Å². The van der Waals surface area contributed by atoms with Gasteiger partial charge >= 0.3 is 0 Å². The van der Waals surface area contributed by atoms with Crippen LogP contribution >= 0.6 is 0 Å². The Labute approximate surface area is 188 Å². The zero-order chi connectivity index (χ0) is 23.6. The largest absolute Gasteiger partial charge is 0.328 e. The van der Waals surface area contributed by atoms with Gasteiger partial charge in [-0.3, -0.25) is 24.5 Å². The second-order valence-corrected chi connectivity index (χ2v) is 8.73. The van der Waals surface area contributed by atoms with E-state index in [2.05, 4.69) is 5.32 Å². The average Bonchev–Trinajstić information content (AvgIpc) is 3.22. The molecule has 0 aliphatic carbocycles. The number of piperidine rings is 1. The molecule has 1 fully saturated rings. The predicted octanol–water partition coefficient (Wildman–Crippen LogP) is 3.00. The third-order valence-corrected chi connectivity index (χ3v) is 6.88. The Balaban J connectivity index is 1.42. The molecule has 3 aliphatic rings. The van der Waals surface area contributed by atoms with Crippen molar-refractivity contribution in [1.82, 2.24) is 15.1 Å². The molecule has 170 valence electrons. The molecule has 5 rings (SSSR count). The van der Waals surface area contributed by atoms with Crippen molar-refractivity contribution in [3.8, 4) is 0 Å². The van der Waals surface area contributed by atoms with Crippen molar-refractivity contribution in [1.29, 1.82) is 0 Å². The number of amides is 4. The minimum Gasteiger partial charge on any atom is -0.328 e. The third kappa shape index (κ3) is 3.21. The van der Waals surface area contributed by atoms with Crippen LogP contribution < -0.4 is 5.32 Å². The highest BCUT2D eigenvalue weighted by Crippen LogP contribution is 2.39. The van der Waals surface area contributed by atoms with Crippen LogP contribution in [0.25, 0.3) is 0 Å². The van der Waals surface area contributed by atoms with Gasteiger partial charge in [-0.1, -0.05) is 0 Å². The number of carbonyl (C=O) groups is 4. The molecule has 0 saturated carbocycles. The second kappa shape index (κ2) is 7.47. The lowest BCUT2D eigenvalue weighted by atomic mass is 10.0. The fourth-order valence-corrected chi connectivity index (χ4v) is 5.09. The molecule has 3 heterocycles. The van der Waals surface area contributed by atoms with E-state index in [0.717, 1.165) is 12.1 Å². The van der Waals surface area contributed by atoms with Gasteiger partial charge in [-0.05, 0) is 67.3 Å². The molecule has 0 aromatic heterocycles. The molecule has 3 atom stereocenters. The SMILES string of the molecule is C[C@@H]1c2cc(C(=O)N3Cc4cc(F)c(F)cc4[C@@H]3C)ccc2C(=O)N1[C@H]1CCC(=O)NC1=O. The summed E-state index contributed by atoms with van der Waals surface area (Å²) >= 11 is 0. The van der Waals surface area contributed by atoms with Crippen LogP contribution in [0, 0.1) is 11.6 Å². The number of imide groups is 1. The van der Waals surface area contributed by atoms with Crippen molar-refractivity contribution in [2.24, 2.45) is 0 Å². The van der Waals surface area contributed by atoms with Gasteiger partial charge in [0.1, 0.15) is 6.04 Å². The summed E-state index contributed by atoms with van der Waals surface area (Å²) in [7, 11) is 0. The maximum Gasteiger partial charge on any atom is 0.255 e. The maximum atomic E-state index is 13.7. The highest BCUT2D eigenvalue weighted by molar-refractivity contribution is 6.06. The van der Waals surface area contributed by atoms with E-state index < -0.39 is 35.7 Å². The van der Waals surface area contributed by atoms with Crippen molar-refractivity contribution in [2.75, 3.05) is 0 Å². The number of nitrogens with one attached hydrogen (secondary N) is 1. The zero-order valence-electron chi connectivity index (χ0n) is 18.0. The van der Waals surface area contributed by atoms with E-state index in [9.17, 15) is 28.0 Å². The molecule has 9 heteroatoms. The number of carbonyl (C=O) groups excluding carboxylic acids is 4. The molecule has 0 unspecified atom stereocenters. The molecule has 0 spiro atoms. The van der Waals surface area contributed by atoms with Crippen LogP contribution in [0.3, 0.4) is 0 Å². The quantitative estimate of drug-likeness (QED) is 0.709. The monoisotopic (exact) mass is 453 g/mol. The zero-order valence-corrected chi connectivity index (χ0v) is 18.0. The highest BCUT2D eigenvalue weighted by atomic mass is 19.2. The first-order chi connectivity index (χ1) is 15.7. The van der Waals surface area contributed by atoms with Gasteiger partial charge < -0.3 is 9.80 Å². The normalized spacial score (nSPS) is 24.1. The van der Waals surface area contributed by atoms with E-state index in [0.29, 0.717) is 27.8 Å². The van der Waals surface area contributed by atoms with Crippen molar-refractivity contribution < 1.29 is 28.0 Å². The predicted molar refractivity (Wildman–Crippen MR) is 112 cm³/mol. The molecule has 3 aliphatic heterocycles. The van der Waals surface area contributed by atoms with Crippen LogP contribution in [0.1, 0.15) is 76.2 Å². The molecule has 1 N–H and O–H groups in total. The Bertz CT molecular complexity index is 1240. The van der Waals surface area contributed by atoms with E-state index in [1.54, 1.807) is 32.0 Å². The molecule has 2 aromatic carbocycles. The summed E-state index contributed by atoms with van der Waals surface area (Å²) in [5.41, 5.74) is 2.50. The first kappa shape index (κ1) is 21.2. The fraction of sp³-hybridized carbons (Fsp3) is 0.333. The Morgan fingerprint density at radius 1 is 1.00 bits per heavy atom. The Hall–Kier alpha value is -3.62. The first-order valence-corrected chi connectivity index (χ1v) is 10.8. The van der Waals surface area contributed by atoms with Crippen molar-refractivity contribution in [3.63, 3.8) is 0 Å². The molecule has 0 radical (unpaired) electrons. The summed E-state index contributed by atoms with van der Waals surface area (Å²) in [6.07, 6.45) is 0.402. The molecule has 4 amide bonds. The van der Waals surface area contributed by atoms with Crippen molar-refractivity contribution in [3.05, 3.63) is 69.8 Å². The molecule has 2 aromatic rings. The number of benzene rings is 2. The summed E-state index contributed by atoms with van der Waals surface area (Å²) in [5.74, 6) is -3.40. The molecule has 0 bridgehead atoms. The summed E-state index contributed by atoms with van der Waals surface area (Å²) in [6, 6.07) is 5.37. The van der Waals surface area contributed by atoms with Crippen LogP contribution in [-0.2, 0) is 16.1 Å². The van der Waals surface area contributed by atoms with Gasteiger partial charge in [0.2, 0.25) is 11.8 Å². The van der Waals surface area contributed by atoms with Crippen LogP contribution in [0.4, 0.5) is 8.78 Å². The van der Waals surface area contributed by atoms with Gasteiger partial charge in [0, 0.05) is 24.1 Å². The van der Waals surface area contributed by atoms with Crippen LogP contribution in [0.2, 0.25) is 0 Å². The minimum absolute atomic E-state index is 0.153. The van der Waals surface area contributed by atoms with E-state index in [1.807, 2.05) is 0 Å². The molecular formula is C24H21F2N3O4. The van der Waals surface area contributed by atoms with Crippen molar-refractivity contribution in [2.45, 2.75) is 51.4 Å². The minimum atomic E-state index is -0.951. The van der Waals surface area contributed by atoms with Gasteiger partial charge in [0.05, 0.1) is 12.1 Å². The average molecular weight is 453 g/mol. The van der Waals surface area contributed by atoms with Crippen LogP contribution in [0.15, 0.2) is 30.3 Å². The molecule has 33 heavy (non-hydrogen) atoms. The highest BCUT2D eigenvalue weighted by Gasteiger charge is 2.43. The smallest absolute Gasteiger partial charge is 0.255 e.